The van der Waals surface area contributed by atoms with Crippen molar-refractivity contribution < 1.29 is 0 Å². The number of aromatic nitrogens is 1. The summed E-state index contributed by atoms with van der Waals surface area (Å²) in [6.45, 7) is 4.69. The van der Waals surface area contributed by atoms with Gasteiger partial charge in [0.05, 0.1) is 28.3 Å². The lowest BCUT2D eigenvalue weighted by molar-refractivity contribution is 0.632. The van der Waals surface area contributed by atoms with Crippen LogP contribution in [-0.4, -0.2) is 4.98 Å². The zero-order chi connectivity index (χ0) is 28.7. The lowest BCUT2D eigenvalue weighted by Crippen LogP contribution is -2.30. The van der Waals surface area contributed by atoms with E-state index in [1.165, 1.54) is 64.5 Å². The number of fused-ring (bicyclic) bond motifs is 9. The van der Waals surface area contributed by atoms with Gasteiger partial charge >= 0.3 is 0 Å². The molecule has 0 aliphatic carbocycles. The van der Waals surface area contributed by atoms with E-state index in [4.69, 9.17) is 4.98 Å². The second kappa shape index (κ2) is 9.00. The number of hydrogen-bond donors (Lipinski definition) is 0. The number of hydrogen-bond acceptors (Lipinski definition) is 3. The second-order valence-corrected chi connectivity index (χ2v) is 13.0. The van der Waals surface area contributed by atoms with Crippen molar-refractivity contribution in [3.8, 4) is 11.3 Å². The molecule has 1 aliphatic rings. The zero-order valence-electron chi connectivity index (χ0n) is 24.0. The maximum absolute atomic E-state index is 5.19. The van der Waals surface area contributed by atoms with Crippen molar-refractivity contribution in [3.63, 3.8) is 0 Å². The SMILES string of the molecule is CC1(C)c2ccccc2N(c2cccc3sc4c(ccc5c(-c6ccccc6)nc6ccccc6c54)c23)c2ccccc21. The molecular weight excluding hydrogens is 541 g/mol. The van der Waals surface area contributed by atoms with Crippen LogP contribution in [0.25, 0.3) is 53.1 Å². The largest absolute Gasteiger partial charge is 0.309 e. The van der Waals surface area contributed by atoms with E-state index in [1.807, 2.05) is 11.3 Å². The number of rotatable bonds is 2. The van der Waals surface area contributed by atoms with E-state index in [1.54, 1.807) is 0 Å². The van der Waals surface area contributed by atoms with Crippen LogP contribution >= 0.6 is 11.3 Å². The van der Waals surface area contributed by atoms with Gasteiger partial charge < -0.3 is 4.90 Å². The summed E-state index contributed by atoms with van der Waals surface area (Å²) in [5, 5.41) is 6.27. The number of nitrogens with zero attached hydrogens (tertiary/aromatic N) is 2. The van der Waals surface area contributed by atoms with Gasteiger partial charge in [-0.05, 0) is 41.5 Å². The summed E-state index contributed by atoms with van der Waals surface area (Å²) in [5.74, 6) is 0. The van der Waals surface area contributed by atoms with E-state index in [0.29, 0.717) is 0 Å². The summed E-state index contributed by atoms with van der Waals surface area (Å²) in [7, 11) is 0. The fourth-order valence-corrected chi connectivity index (χ4v) is 8.51. The monoisotopic (exact) mass is 568 g/mol. The topological polar surface area (TPSA) is 16.1 Å². The minimum Gasteiger partial charge on any atom is -0.309 e. The van der Waals surface area contributed by atoms with Gasteiger partial charge in [-0.1, -0.05) is 117 Å². The average molecular weight is 569 g/mol. The van der Waals surface area contributed by atoms with Crippen LogP contribution < -0.4 is 4.90 Å². The third-order valence-corrected chi connectivity index (χ3v) is 10.4. The van der Waals surface area contributed by atoms with E-state index in [-0.39, 0.29) is 5.41 Å². The van der Waals surface area contributed by atoms with Gasteiger partial charge in [-0.3, -0.25) is 0 Å². The molecule has 3 heteroatoms. The highest BCUT2D eigenvalue weighted by Crippen LogP contribution is 2.54. The number of benzene rings is 6. The Morgan fingerprint density at radius 3 is 1.93 bits per heavy atom. The lowest BCUT2D eigenvalue weighted by atomic mass is 9.73. The molecule has 0 N–H and O–H groups in total. The molecule has 43 heavy (non-hydrogen) atoms. The third-order valence-electron chi connectivity index (χ3n) is 9.23. The van der Waals surface area contributed by atoms with Crippen molar-refractivity contribution in [2.24, 2.45) is 0 Å². The predicted molar refractivity (Wildman–Crippen MR) is 184 cm³/mol. The van der Waals surface area contributed by atoms with Gasteiger partial charge in [-0.25, -0.2) is 4.98 Å². The Labute approximate surface area is 254 Å². The molecule has 0 fully saturated rings. The third kappa shape index (κ3) is 3.43. The summed E-state index contributed by atoms with van der Waals surface area (Å²) in [5.41, 5.74) is 9.53. The van der Waals surface area contributed by atoms with Gasteiger partial charge in [-0.2, -0.15) is 0 Å². The van der Waals surface area contributed by atoms with E-state index in [0.717, 1.165) is 16.8 Å². The lowest BCUT2D eigenvalue weighted by Gasteiger charge is -2.42. The number of anilines is 3. The van der Waals surface area contributed by atoms with Crippen LogP contribution in [0.2, 0.25) is 0 Å². The van der Waals surface area contributed by atoms with Gasteiger partial charge in [0.1, 0.15) is 0 Å². The van der Waals surface area contributed by atoms with Crippen LogP contribution in [0.1, 0.15) is 25.0 Å². The first-order chi connectivity index (χ1) is 21.1. The Bertz CT molecular complexity index is 2330. The van der Waals surface area contributed by atoms with Crippen molar-refractivity contribution in [1.29, 1.82) is 0 Å². The molecular formula is C40H28N2S. The van der Waals surface area contributed by atoms with Crippen molar-refractivity contribution in [1.82, 2.24) is 4.98 Å². The zero-order valence-corrected chi connectivity index (χ0v) is 24.8. The van der Waals surface area contributed by atoms with E-state index >= 15 is 0 Å². The van der Waals surface area contributed by atoms with Gasteiger partial charge in [-0.15, -0.1) is 11.3 Å². The summed E-state index contributed by atoms with van der Waals surface area (Å²) in [6.07, 6.45) is 0. The first kappa shape index (κ1) is 24.6. The molecule has 6 aromatic carbocycles. The highest BCUT2D eigenvalue weighted by atomic mass is 32.1. The first-order valence-corrected chi connectivity index (χ1v) is 15.6. The van der Waals surface area contributed by atoms with Crippen LogP contribution in [0, 0.1) is 0 Å². The van der Waals surface area contributed by atoms with Crippen LogP contribution in [0.4, 0.5) is 17.1 Å². The fourth-order valence-electron chi connectivity index (χ4n) is 7.23. The van der Waals surface area contributed by atoms with Crippen LogP contribution in [0.15, 0.2) is 133 Å². The minimum atomic E-state index is -0.0930. The highest BCUT2D eigenvalue weighted by molar-refractivity contribution is 7.27. The van der Waals surface area contributed by atoms with E-state index in [2.05, 4.69) is 152 Å². The molecule has 0 saturated heterocycles. The summed E-state index contributed by atoms with van der Waals surface area (Å²) in [4.78, 5) is 7.68. The Balaban J connectivity index is 1.40. The molecule has 1 aliphatic heterocycles. The Morgan fingerprint density at radius 1 is 0.535 bits per heavy atom. The summed E-state index contributed by atoms with van der Waals surface area (Å²) in [6, 6.07) is 48.4. The standard InChI is InChI=1S/C40H28N2S/c1-40(2)29-16-7-10-19-32(29)42(33-20-11-8-17-30(33)40)34-21-12-22-35-37(34)28-24-23-27-36(39(28)43-35)26-15-6-9-18-31(26)41-38(27)25-13-4-3-5-14-25/h3-24H,1-2H3. The van der Waals surface area contributed by atoms with Crippen LogP contribution in [0.5, 0.6) is 0 Å². The molecule has 0 atom stereocenters. The maximum Gasteiger partial charge on any atom is 0.0788 e. The molecule has 0 bridgehead atoms. The molecule has 9 rings (SSSR count). The van der Waals surface area contributed by atoms with Crippen LogP contribution in [-0.2, 0) is 5.41 Å². The summed E-state index contributed by atoms with van der Waals surface area (Å²) < 4.78 is 2.61. The maximum atomic E-state index is 5.19. The molecule has 0 unspecified atom stereocenters. The van der Waals surface area contributed by atoms with E-state index in [9.17, 15) is 0 Å². The Hall–Kier alpha value is -4.99. The Morgan fingerprint density at radius 2 is 1.16 bits per heavy atom. The molecule has 0 radical (unpaired) electrons. The molecule has 0 saturated carbocycles. The predicted octanol–water partition coefficient (Wildman–Crippen LogP) is 11.5. The van der Waals surface area contributed by atoms with Crippen molar-refractivity contribution in [3.05, 3.63) is 145 Å². The first-order valence-electron chi connectivity index (χ1n) is 14.8. The number of pyridine rings is 1. The molecule has 204 valence electrons. The normalized spacial score (nSPS) is 14.0. The van der Waals surface area contributed by atoms with Crippen molar-refractivity contribution in [2.45, 2.75) is 19.3 Å². The van der Waals surface area contributed by atoms with Gasteiger partial charge in [0.25, 0.3) is 0 Å². The molecule has 2 nitrogen and oxygen atoms in total. The molecule has 3 heterocycles. The molecule has 2 aromatic heterocycles. The Kier molecular flexibility index (Phi) is 5.15. The molecule has 8 aromatic rings. The quantitative estimate of drug-likeness (QED) is 0.193. The average Bonchev–Trinajstić information content (AvgIpc) is 3.44. The smallest absolute Gasteiger partial charge is 0.0788 e. The van der Waals surface area contributed by atoms with Gasteiger partial charge in [0, 0.05) is 47.3 Å². The number of thiophene rings is 1. The molecule has 0 amide bonds. The molecule has 0 spiro atoms. The van der Waals surface area contributed by atoms with Crippen molar-refractivity contribution in [2.75, 3.05) is 4.90 Å². The van der Waals surface area contributed by atoms with Crippen molar-refractivity contribution >= 4 is 70.2 Å². The van der Waals surface area contributed by atoms with Gasteiger partial charge in [0.2, 0.25) is 0 Å². The van der Waals surface area contributed by atoms with Gasteiger partial charge in [0.15, 0.2) is 0 Å². The second-order valence-electron chi connectivity index (χ2n) is 12.0. The van der Waals surface area contributed by atoms with Crippen LogP contribution in [0.3, 0.4) is 0 Å². The highest BCUT2D eigenvalue weighted by Gasteiger charge is 2.37. The summed E-state index contributed by atoms with van der Waals surface area (Å²) >= 11 is 1.90. The van der Waals surface area contributed by atoms with E-state index < -0.39 is 0 Å². The fraction of sp³-hybridized carbons (Fsp3) is 0.0750. The minimum absolute atomic E-state index is 0.0930. The number of para-hydroxylation sites is 3.